The van der Waals surface area contributed by atoms with Crippen molar-refractivity contribution in [2.45, 2.75) is 104 Å². The van der Waals surface area contributed by atoms with Crippen molar-refractivity contribution in [1.29, 1.82) is 0 Å². The number of hydrogen-bond acceptors (Lipinski definition) is 0. The molecule has 0 nitrogen and oxygen atoms in total. The van der Waals surface area contributed by atoms with Gasteiger partial charge in [-0.25, -0.2) is 0 Å². The molecule has 1 aliphatic rings. The van der Waals surface area contributed by atoms with E-state index >= 15 is 0 Å². The van der Waals surface area contributed by atoms with Crippen LogP contribution in [-0.2, 0) is 6.42 Å². The maximum atomic E-state index is 2.40. The zero-order chi connectivity index (χ0) is 17.2. The SMILES string of the molecule is CCCCCC(C)c1ccc(CCC2CCC(CCC)CC2)cc1. The van der Waals surface area contributed by atoms with Gasteiger partial charge in [0.15, 0.2) is 0 Å². The van der Waals surface area contributed by atoms with Crippen molar-refractivity contribution in [3.63, 3.8) is 0 Å². The van der Waals surface area contributed by atoms with Crippen molar-refractivity contribution in [1.82, 2.24) is 0 Å². The molecule has 0 heterocycles. The van der Waals surface area contributed by atoms with Crippen molar-refractivity contribution >= 4 is 0 Å². The third-order valence-electron chi connectivity index (χ3n) is 6.29. The van der Waals surface area contributed by atoms with Crippen LogP contribution in [0.15, 0.2) is 24.3 Å². The van der Waals surface area contributed by atoms with Gasteiger partial charge >= 0.3 is 0 Å². The molecule has 0 bridgehead atoms. The predicted octanol–water partition coefficient (Wildman–Crippen LogP) is 7.91. The van der Waals surface area contributed by atoms with Crippen LogP contribution in [0.5, 0.6) is 0 Å². The van der Waals surface area contributed by atoms with E-state index in [9.17, 15) is 0 Å². The van der Waals surface area contributed by atoms with Gasteiger partial charge in [-0.3, -0.25) is 0 Å². The highest BCUT2D eigenvalue weighted by atomic mass is 14.3. The largest absolute Gasteiger partial charge is 0.0654 e. The van der Waals surface area contributed by atoms with Crippen LogP contribution in [0.1, 0.15) is 108 Å². The molecule has 1 atom stereocenters. The first-order chi connectivity index (χ1) is 11.7. The maximum Gasteiger partial charge on any atom is -0.0190 e. The normalized spacial score (nSPS) is 22.5. The van der Waals surface area contributed by atoms with E-state index in [-0.39, 0.29) is 0 Å². The summed E-state index contributed by atoms with van der Waals surface area (Å²) in [6.45, 7) is 7.01. The van der Waals surface area contributed by atoms with Gasteiger partial charge in [0.05, 0.1) is 0 Å². The van der Waals surface area contributed by atoms with E-state index in [1.807, 2.05) is 0 Å². The number of unbranched alkanes of at least 4 members (excludes halogenated alkanes) is 2. The average Bonchev–Trinajstić information content (AvgIpc) is 2.62. The smallest absolute Gasteiger partial charge is 0.0190 e. The lowest BCUT2D eigenvalue weighted by molar-refractivity contribution is 0.252. The molecular weight excluding hydrogens is 288 g/mol. The van der Waals surface area contributed by atoms with Crippen molar-refractivity contribution < 1.29 is 0 Å². The van der Waals surface area contributed by atoms with Gasteiger partial charge < -0.3 is 0 Å². The summed E-state index contributed by atoms with van der Waals surface area (Å²) >= 11 is 0. The van der Waals surface area contributed by atoms with Gasteiger partial charge in [-0.05, 0) is 48.1 Å². The van der Waals surface area contributed by atoms with Crippen LogP contribution in [0.4, 0.5) is 0 Å². The molecular formula is C24H40. The molecule has 2 rings (SSSR count). The fraction of sp³-hybridized carbons (Fsp3) is 0.750. The molecule has 1 saturated carbocycles. The van der Waals surface area contributed by atoms with Crippen LogP contribution in [0.3, 0.4) is 0 Å². The lowest BCUT2D eigenvalue weighted by atomic mass is 9.78. The van der Waals surface area contributed by atoms with Gasteiger partial charge in [-0.1, -0.05) is 103 Å². The highest BCUT2D eigenvalue weighted by Crippen LogP contribution is 2.34. The van der Waals surface area contributed by atoms with Gasteiger partial charge in [0.25, 0.3) is 0 Å². The molecule has 0 amide bonds. The van der Waals surface area contributed by atoms with E-state index in [0.717, 1.165) is 17.8 Å². The summed E-state index contributed by atoms with van der Waals surface area (Å²) in [6.07, 6.45) is 16.9. The molecule has 1 aromatic rings. The highest BCUT2D eigenvalue weighted by molar-refractivity contribution is 5.25. The third-order valence-corrected chi connectivity index (χ3v) is 6.29. The topological polar surface area (TPSA) is 0 Å². The summed E-state index contributed by atoms with van der Waals surface area (Å²) < 4.78 is 0. The minimum Gasteiger partial charge on any atom is -0.0654 e. The van der Waals surface area contributed by atoms with Crippen LogP contribution >= 0.6 is 0 Å². The number of rotatable bonds is 10. The number of benzene rings is 1. The molecule has 24 heavy (non-hydrogen) atoms. The summed E-state index contributed by atoms with van der Waals surface area (Å²) in [5, 5.41) is 0. The first-order valence-electron chi connectivity index (χ1n) is 10.8. The lowest BCUT2D eigenvalue weighted by Gasteiger charge is -2.28. The zero-order valence-corrected chi connectivity index (χ0v) is 16.5. The lowest BCUT2D eigenvalue weighted by Crippen LogP contribution is -2.15. The van der Waals surface area contributed by atoms with Crippen LogP contribution in [0, 0.1) is 11.8 Å². The second-order valence-corrected chi connectivity index (χ2v) is 8.35. The molecule has 1 unspecified atom stereocenters. The molecule has 0 aliphatic heterocycles. The monoisotopic (exact) mass is 328 g/mol. The fourth-order valence-electron chi connectivity index (χ4n) is 4.47. The van der Waals surface area contributed by atoms with Gasteiger partial charge in [0.1, 0.15) is 0 Å². The van der Waals surface area contributed by atoms with Crippen LogP contribution in [0.2, 0.25) is 0 Å². The Kier molecular flexibility index (Phi) is 8.92. The van der Waals surface area contributed by atoms with Crippen molar-refractivity contribution in [3.8, 4) is 0 Å². The summed E-state index contributed by atoms with van der Waals surface area (Å²) in [7, 11) is 0. The molecule has 136 valence electrons. The second kappa shape index (κ2) is 11.0. The quantitative estimate of drug-likeness (QED) is 0.383. The molecule has 0 heteroatoms. The molecule has 0 saturated heterocycles. The van der Waals surface area contributed by atoms with E-state index in [1.165, 1.54) is 82.6 Å². The second-order valence-electron chi connectivity index (χ2n) is 8.35. The molecule has 1 fully saturated rings. The van der Waals surface area contributed by atoms with E-state index in [2.05, 4.69) is 45.0 Å². The summed E-state index contributed by atoms with van der Waals surface area (Å²) in [5.41, 5.74) is 3.09. The first kappa shape index (κ1) is 19.5. The summed E-state index contributed by atoms with van der Waals surface area (Å²) in [4.78, 5) is 0. The predicted molar refractivity (Wildman–Crippen MR) is 108 cm³/mol. The van der Waals surface area contributed by atoms with Gasteiger partial charge in [0.2, 0.25) is 0 Å². The zero-order valence-electron chi connectivity index (χ0n) is 16.5. The molecule has 1 aromatic carbocycles. The van der Waals surface area contributed by atoms with Crippen molar-refractivity contribution in [2.24, 2.45) is 11.8 Å². The van der Waals surface area contributed by atoms with Crippen molar-refractivity contribution in [2.75, 3.05) is 0 Å². The summed E-state index contributed by atoms with van der Waals surface area (Å²) in [5.74, 6) is 2.75. The molecule has 0 aromatic heterocycles. The van der Waals surface area contributed by atoms with E-state index in [0.29, 0.717) is 0 Å². The Labute approximate surface area is 151 Å². The highest BCUT2D eigenvalue weighted by Gasteiger charge is 2.20. The number of hydrogen-bond donors (Lipinski definition) is 0. The molecule has 0 radical (unpaired) electrons. The van der Waals surface area contributed by atoms with Crippen LogP contribution in [0.25, 0.3) is 0 Å². The Morgan fingerprint density at radius 3 is 2.04 bits per heavy atom. The Morgan fingerprint density at radius 2 is 1.46 bits per heavy atom. The molecule has 0 N–H and O–H groups in total. The van der Waals surface area contributed by atoms with Gasteiger partial charge in [-0.2, -0.15) is 0 Å². The standard InChI is InChI=1S/C24H40/c1-4-6-7-9-20(3)24-18-16-23(17-19-24)15-14-22-12-10-21(8-5-2)11-13-22/h16-22H,4-15H2,1-3H3. The van der Waals surface area contributed by atoms with E-state index < -0.39 is 0 Å². The fourth-order valence-corrected chi connectivity index (χ4v) is 4.47. The Balaban J connectivity index is 1.70. The molecule has 1 aliphatic carbocycles. The van der Waals surface area contributed by atoms with Crippen LogP contribution in [-0.4, -0.2) is 0 Å². The maximum absolute atomic E-state index is 2.40. The minimum absolute atomic E-state index is 0.722. The number of aryl methyl sites for hydroxylation is 1. The van der Waals surface area contributed by atoms with Crippen LogP contribution < -0.4 is 0 Å². The Bertz CT molecular complexity index is 422. The van der Waals surface area contributed by atoms with Crippen molar-refractivity contribution in [3.05, 3.63) is 35.4 Å². The van der Waals surface area contributed by atoms with Gasteiger partial charge in [0, 0.05) is 0 Å². The Hall–Kier alpha value is -0.780. The summed E-state index contributed by atoms with van der Waals surface area (Å²) in [6, 6.07) is 9.58. The average molecular weight is 329 g/mol. The van der Waals surface area contributed by atoms with E-state index in [4.69, 9.17) is 0 Å². The first-order valence-corrected chi connectivity index (χ1v) is 10.8. The molecule has 0 spiro atoms. The third kappa shape index (κ3) is 6.61. The van der Waals surface area contributed by atoms with Gasteiger partial charge in [-0.15, -0.1) is 0 Å². The minimum atomic E-state index is 0.722. The van der Waals surface area contributed by atoms with E-state index in [1.54, 1.807) is 5.56 Å². The Morgan fingerprint density at radius 1 is 0.833 bits per heavy atom.